The number of ether oxygens (including phenoxy) is 2. The molecule has 2 atom stereocenters. The minimum absolute atomic E-state index is 0.112. The van der Waals surface area contributed by atoms with Crippen molar-refractivity contribution in [2.45, 2.75) is 98.8 Å². The topological polar surface area (TPSA) is 18.5 Å². The Balaban J connectivity index is 2.19. The molecule has 0 radical (unpaired) electrons. The first kappa shape index (κ1) is 27.4. The zero-order valence-electron chi connectivity index (χ0n) is 23.4. The monoisotopic (exact) mass is 476 g/mol. The molecular weight excluding hydrogens is 428 g/mol. The fourth-order valence-electron chi connectivity index (χ4n) is 5.06. The fraction of sp³-hybridized carbons (Fsp3) is 0.576. The summed E-state index contributed by atoms with van der Waals surface area (Å²) in [5.74, 6) is 3.20. The van der Waals surface area contributed by atoms with E-state index in [0.717, 1.165) is 54.7 Å². The van der Waals surface area contributed by atoms with Gasteiger partial charge in [-0.1, -0.05) is 111 Å². The van der Waals surface area contributed by atoms with E-state index in [4.69, 9.17) is 9.47 Å². The van der Waals surface area contributed by atoms with Crippen molar-refractivity contribution < 1.29 is 9.47 Å². The summed E-state index contributed by atoms with van der Waals surface area (Å²) >= 11 is 0. The van der Waals surface area contributed by atoms with Gasteiger partial charge >= 0.3 is 0 Å². The van der Waals surface area contributed by atoms with Crippen LogP contribution >= 0.6 is 0 Å². The summed E-state index contributed by atoms with van der Waals surface area (Å²) in [4.78, 5) is 0. The van der Waals surface area contributed by atoms with Crippen molar-refractivity contribution in [3.8, 4) is 11.5 Å². The lowest BCUT2D eigenvalue weighted by Crippen LogP contribution is -2.16. The normalized spacial score (nSPS) is 13.8. The van der Waals surface area contributed by atoms with Crippen LogP contribution in [-0.2, 0) is 5.41 Å². The number of hydrogen-bond donors (Lipinski definition) is 0. The highest BCUT2D eigenvalue weighted by atomic mass is 16.5. The summed E-state index contributed by atoms with van der Waals surface area (Å²) in [6.45, 7) is 17.5. The van der Waals surface area contributed by atoms with Crippen LogP contribution in [0.15, 0.2) is 42.5 Å². The lowest BCUT2D eigenvalue weighted by atomic mass is 9.81. The fourth-order valence-corrected chi connectivity index (χ4v) is 5.06. The molecule has 3 rings (SSSR count). The third-order valence-corrected chi connectivity index (χ3v) is 8.07. The van der Waals surface area contributed by atoms with Crippen LogP contribution in [0, 0.1) is 11.8 Å². The molecule has 2 heteroatoms. The largest absolute Gasteiger partial charge is 0.492 e. The Hall–Kier alpha value is -2.22. The van der Waals surface area contributed by atoms with Gasteiger partial charge in [-0.15, -0.1) is 0 Å². The molecular formula is C33H48O2. The summed E-state index contributed by atoms with van der Waals surface area (Å²) in [6, 6.07) is 15.6. The van der Waals surface area contributed by atoms with Crippen LogP contribution < -0.4 is 9.47 Å². The first-order chi connectivity index (χ1) is 16.9. The van der Waals surface area contributed by atoms with E-state index < -0.39 is 0 Å². The maximum atomic E-state index is 6.72. The zero-order chi connectivity index (χ0) is 25.4. The summed E-state index contributed by atoms with van der Waals surface area (Å²) < 4.78 is 13.4. The number of benzene rings is 3. The minimum atomic E-state index is 0.112. The Labute approximate surface area is 214 Å². The van der Waals surface area contributed by atoms with Gasteiger partial charge in [-0.05, 0) is 48.1 Å². The highest BCUT2D eigenvalue weighted by Gasteiger charge is 2.23. The summed E-state index contributed by atoms with van der Waals surface area (Å²) in [6.07, 6.45) is 8.19. The van der Waals surface area contributed by atoms with E-state index >= 15 is 0 Å². The van der Waals surface area contributed by atoms with Crippen LogP contribution in [0.3, 0.4) is 0 Å². The zero-order valence-corrected chi connectivity index (χ0v) is 23.4. The van der Waals surface area contributed by atoms with E-state index in [1.54, 1.807) is 0 Å². The molecule has 192 valence electrons. The first-order valence-electron chi connectivity index (χ1n) is 14.1. The Morgan fingerprint density at radius 2 is 1.14 bits per heavy atom. The van der Waals surface area contributed by atoms with Gasteiger partial charge in [-0.25, -0.2) is 0 Å². The highest BCUT2D eigenvalue weighted by molar-refractivity contribution is 6.11. The van der Waals surface area contributed by atoms with Crippen molar-refractivity contribution in [2.75, 3.05) is 13.2 Å². The van der Waals surface area contributed by atoms with Gasteiger partial charge in [-0.3, -0.25) is 0 Å². The molecule has 0 saturated heterocycles. The van der Waals surface area contributed by atoms with Crippen LogP contribution in [0.25, 0.3) is 21.5 Å². The second-order valence-corrected chi connectivity index (χ2v) is 10.9. The Morgan fingerprint density at radius 3 is 1.60 bits per heavy atom. The van der Waals surface area contributed by atoms with E-state index in [1.165, 1.54) is 42.0 Å². The lowest BCUT2D eigenvalue weighted by molar-refractivity contribution is 0.236. The van der Waals surface area contributed by atoms with Crippen molar-refractivity contribution in [3.63, 3.8) is 0 Å². The minimum Gasteiger partial charge on any atom is -0.492 e. The Morgan fingerprint density at radius 1 is 0.657 bits per heavy atom. The molecule has 0 aliphatic carbocycles. The first-order valence-corrected chi connectivity index (χ1v) is 14.1. The SMILES string of the molecule is CCCC(CC)COc1c2ccccc2c(OCC(CC)CCC)c2cc(C(C)(C)CC)ccc12. The number of rotatable bonds is 14. The van der Waals surface area contributed by atoms with Gasteiger partial charge in [-0.2, -0.15) is 0 Å². The maximum absolute atomic E-state index is 6.72. The molecule has 0 amide bonds. The molecule has 2 unspecified atom stereocenters. The van der Waals surface area contributed by atoms with Gasteiger partial charge in [0.25, 0.3) is 0 Å². The third-order valence-electron chi connectivity index (χ3n) is 8.07. The molecule has 0 aromatic heterocycles. The molecule has 0 N–H and O–H groups in total. The van der Waals surface area contributed by atoms with Crippen LogP contribution in [-0.4, -0.2) is 13.2 Å². The Kier molecular flexibility index (Phi) is 9.89. The second kappa shape index (κ2) is 12.7. The molecule has 0 aliphatic heterocycles. The molecule has 2 nitrogen and oxygen atoms in total. The van der Waals surface area contributed by atoms with E-state index in [0.29, 0.717) is 11.8 Å². The molecule has 0 bridgehead atoms. The predicted octanol–water partition coefficient (Wildman–Crippen LogP) is 10.1. The molecule has 3 aromatic rings. The van der Waals surface area contributed by atoms with E-state index in [-0.39, 0.29) is 5.41 Å². The Bertz CT molecular complexity index is 1080. The van der Waals surface area contributed by atoms with E-state index in [9.17, 15) is 0 Å². The molecule has 0 spiro atoms. The van der Waals surface area contributed by atoms with Gasteiger partial charge in [0.05, 0.1) is 13.2 Å². The van der Waals surface area contributed by atoms with Crippen LogP contribution in [0.1, 0.15) is 99.0 Å². The van der Waals surface area contributed by atoms with Crippen molar-refractivity contribution in [2.24, 2.45) is 11.8 Å². The van der Waals surface area contributed by atoms with Gasteiger partial charge in [0, 0.05) is 21.5 Å². The smallest absolute Gasteiger partial charge is 0.135 e. The number of fused-ring (bicyclic) bond motifs is 2. The molecule has 0 saturated carbocycles. The number of hydrogen-bond acceptors (Lipinski definition) is 2. The highest BCUT2D eigenvalue weighted by Crippen LogP contribution is 2.45. The van der Waals surface area contributed by atoms with Gasteiger partial charge < -0.3 is 9.47 Å². The summed E-state index contributed by atoms with van der Waals surface area (Å²) in [5, 5.41) is 4.68. The predicted molar refractivity (Wildman–Crippen MR) is 153 cm³/mol. The van der Waals surface area contributed by atoms with E-state index in [1.807, 2.05) is 0 Å². The molecule has 3 aromatic carbocycles. The van der Waals surface area contributed by atoms with Crippen molar-refractivity contribution in [1.29, 1.82) is 0 Å². The van der Waals surface area contributed by atoms with E-state index in [2.05, 4.69) is 90.9 Å². The maximum Gasteiger partial charge on any atom is 0.135 e. The average molecular weight is 477 g/mol. The quantitative estimate of drug-likeness (QED) is 0.215. The van der Waals surface area contributed by atoms with Crippen LogP contribution in [0.2, 0.25) is 0 Å². The van der Waals surface area contributed by atoms with Gasteiger partial charge in [0.1, 0.15) is 11.5 Å². The van der Waals surface area contributed by atoms with Gasteiger partial charge in [0.2, 0.25) is 0 Å². The summed E-state index contributed by atoms with van der Waals surface area (Å²) in [7, 11) is 0. The van der Waals surface area contributed by atoms with Gasteiger partial charge in [0.15, 0.2) is 0 Å². The van der Waals surface area contributed by atoms with Crippen LogP contribution in [0.4, 0.5) is 0 Å². The second-order valence-electron chi connectivity index (χ2n) is 10.9. The standard InChI is InChI=1S/C33H48O2/c1-8-15-24(10-3)22-34-31-27-17-13-14-18-28(27)32(35-23-25(11-4)16-9-2)30-21-26(19-20-29(30)31)33(6,7)12-5/h13-14,17-21,24-25H,8-12,15-16,22-23H2,1-7H3. The lowest BCUT2D eigenvalue weighted by Gasteiger charge is -2.26. The average Bonchev–Trinajstić information content (AvgIpc) is 2.88. The van der Waals surface area contributed by atoms with Crippen molar-refractivity contribution in [3.05, 3.63) is 48.0 Å². The molecule has 0 heterocycles. The molecule has 35 heavy (non-hydrogen) atoms. The van der Waals surface area contributed by atoms with Crippen LogP contribution in [0.5, 0.6) is 11.5 Å². The summed E-state index contributed by atoms with van der Waals surface area (Å²) in [5.41, 5.74) is 1.47. The third kappa shape index (κ3) is 6.32. The van der Waals surface area contributed by atoms with Crippen molar-refractivity contribution in [1.82, 2.24) is 0 Å². The molecule has 0 fully saturated rings. The molecule has 0 aliphatic rings. The van der Waals surface area contributed by atoms with Crippen molar-refractivity contribution >= 4 is 21.5 Å².